The van der Waals surface area contributed by atoms with Crippen LogP contribution < -0.4 is 47.9 Å². The third kappa shape index (κ3) is 46.8. The van der Waals surface area contributed by atoms with Gasteiger partial charge in [0.2, 0.25) is 0 Å². The Morgan fingerprint density at radius 1 is 0.284 bits per heavy atom. The zero-order valence-corrected chi connectivity index (χ0v) is 76.6. The highest BCUT2D eigenvalue weighted by molar-refractivity contribution is 8.15. The number of hydrogen-bond acceptors (Lipinski definition) is 18. The summed E-state index contributed by atoms with van der Waals surface area (Å²) in [6, 6.07) is 0.454. The lowest BCUT2D eigenvalue weighted by molar-refractivity contribution is 0.169. The largest absolute Gasteiger partial charge is 0.350 e. The molecule has 9 N–H and O–H groups in total. The van der Waals surface area contributed by atoms with E-state index in [0.717, 1.165) is 244 Å². The molecule has 18 nitrogen and oxygen atoms in total. The maximum Gasteiger partial charge on any atom is 0.279 e. The Morgan fingerprint density at radius 3 is 0.853 bits per heavy atom. The minimum atomic E-state index is -0.264. The van der Waals surface area contributed by atoms with Gasteiger partial charge in [-0.15, -0.1) is 0 Å². The van der Waals surface area contributed by atoms with E-state index >= 15 is 0 Å². The second kappa shape index (κ2) is 52.9. The Bertz CT molecular complexity index is 2700. The third-order valence-corrected chi connectivity index (χ3v) is 29.9. The molecule has 9 unspecified atom stereocenters. The van der Waals surface area contributed by atoms with Crippen molar-refractivity contribution in [1.82, 2.24) is 47.9 Å². The summed E-state index contributed by atoms with van der Waals surface area (Å²) in [6.45, 7) is 26.4. The molecule has 9 atom stereocenters. The summed E-state index contributed by atoms with van der Waals surface area (Å²) in [6.07, 6.45) is 32.7. The molecular weight excluding hydrogens is 1540 g/mol. The van der Waals surface area contributed by atoms with E-state index in [1.165, 1.54) is 112 Å². The fourth-order valence-electron chi connectivity index (χ4n) is 16.6. The number of hydrogen-bond donors (Lipinski definition) is 9. The zero-order chi connectivity index (χ0) is 79.8. The van der Waals surface area contributed by atoms with Crippen molar-refractivity contribution in [3.8, 4) is 0 Å². The lowest BCUT2D eigenvalue weighted by atomic mass is 9.71. The van der Waals surface area contributed by atoms with E-state index in [4.69, 9.17) is 0 Å². The number of rotatable bonds is 39. The van der Waals surface area contributed by atoms with E-state index in [0.29, 0.717) is 84.7 Å². The summed E-state index contributed by atoms with van der Waals surface area (Å²) in [7, 11) is 1.68. The fraction of sp³-hybridized carbons (Fsp3) is 0.890. The van der Waals surface area contributed by atoms with Gasteiger partial charge in [0.1, 0.15) is 0 Å². The highest BCUT2D eigenvalue weighted by atomic mass is 32.2. The van der Waals surface area contributed by atoms with E-state index < -0.39 is 0 Å². The van der Waals surface area contributed by atoms with E-state index in [1.807, 2.05) is 62.3 Å². The highest BCUT2D eigenvalue weighted by Gasteiger charge is 2.36. The van der Waals surface area contributed by atoms with Crippen molar-refractivity contribution < 1.29 is 43.2 Å². The summed E-state index contributed by atoms with van der Waals surface area (Å²) < 4.78 is 0. The highest BCUT2D eigenvalue weighted by Crippen LogP contribution is 2.45. The molecule has 0 bridgehead atoms. The smallest absolute Gasteiger partial charge is 0.279 e. The number of carbonyl (C=O) groups is 9. The van der Waals surface area contributed by atoms with Crippen LogP contribution in [0.5, 0.6) is 0 Å². The zero-order valence-electron chi connectivity index (χ0n) is 69.3. The molecule has 109 heavy (non-hydrogen) atoms. The quantitative estimate of drug-likeness (QED) is 0.0259. The van der Waals surface area contributed by atoms with Gasteiger partial charge in [-0.1, -0.05) is 159 Å². The Balaban J connectivity index is 0.926. The molecule has 5 saturated carbocycles. The standard InChI is InChI=1S/C82H147N9O9S9/c1-79(2,3)56-86-73(95)104-48-37-64-26-18-59(53-67(64)40-51-109-78(100)91-82(10,11)12)32-43-102-71(93)84-41-16-14-15-17-42-85-72(94)103-47-36-63-27-20-61(34-45-108-77(99)90-81(7,8)9)55-66(63)39-50-106-75(97)88-69-30-23-58(24-31-69)52-57-21-28-68(29-22-57)87-74(96)105-49-38-65-54-60(33-44-107-76(98)89-80(4,5)6)19-25-62(65)35-46-101-70(92)83-13/h57-69H,14-56H2,1-13H3,(H,83,92)(H,84,93)(H,85,94)(H,86,95)(H,87,96)(H,88,97)(H,89,98)(H,90,99)(H,91,100). The van der Waals surface area contributed by atoms with Crippen LogP contribution in [-0.4, -0.2) is 154 Å². The molecular formula is C82H147N9O9S9. The van der Waals surface area contributed by atoms with Gasteiger partial charge in [-0.2, -0.15) is 0 Å². The lowest BCUT2D eigenvalue weighted by Gasteiger charge is -2.36. The molecule has 5 aliphatic rings. The molecule has 0 heterocycles. The summed E-state index contributed by atoms with van der Waals surface area (Å²) in [5.74, 6) is 13.2. The number of nitrogens with one attached hydrogen (secondary N) is 9. The Morgan fingerprint density at radius 2 is 0.550 bits per heavy atom. The molecule has 9 amide bonds. The molecule has 5 aliphatic carbocycles. The van der Waals surface area contributed by atoms with Gasteiger partial charge in [-0.3, -0.25) is 43.2 Å². The molecule has 0 saturated heterocycles. The summed E-state index contributed by atoms with van der Waals surface area (Å²) in [4.78, 5) is 115. The lowest BCUT2D eigenvalue weighted by Crippen LogP contribution is -2.38. The topological polar surface area (TPSA) is 262 Å². The van der Waals surface area contributed by atoms with Crippen LogP contribution in [0, 0.1) is 70.5 Å². The molecule has 0 aromatic carbocycles. The van der Waals surface area contributed by atoms with E-state index in [-0.39, 0.29) is 81.3 Å². The average molecular weight is 1690 g/mol. The van der Waals surface area contributed by atoms with Crippen molar-refractivity contribution in [3.05, 3.63) is 0 Å². The summed E-state index contributed by atoms with van der Waals surface area (Å²) >= 11 is 12.6. The van der Waals surface area contributed by atoms with Gasteiger partial charge in [0, 0.05) is 107 Å². The second-order valence-corrected chi connectivity index (χ2v) is 46.0. The normalized spacial score (nSPS) is 24.9. The second-order valence-electron chi connectivity index (χ2n) is 36.4. The van der Waals surface area contributed by atoms with Gasteiger partial charge < -0.3 is 47.9 Å². The van der Waals surface area contributed by atoms with Crippen molar-refractivity contribution in [2.45, 2.75) is 311 Å². The minimum absolute atomic E-state index is 0.0147. The molecule has 0 aromatic heterocycles. The van der Waals surface area contributed by atoms with Crippen LogP contribution in [0.3, 0.4) is 0 Å². The SMILES string of the molecule is CNC(=O)SCCC1CCC(CCSC(=O)NC(C)(C)C)CC1CCSC(=O)NC1CCC(CC2CCC(NC(=O)SCCC3CC(CCSC(=O)NC(C)(C)C)CCC3CCSC(=O)NCCCCCCNC(=O)SCCC3CCC(CCSC(=O)NCC(C)(C)C)C(CCSC(=O)NC(C)(C)C)C3)CC2)CC1. The maximum atomic E-state index is 13.5. The van der Waals surface area contributed by atoms with Gasteiger partial charge in [0.15, 0.2) is 0 Å². The van der Waals surface area contributed by atoms with Crippen molar-refractivity contribution >= 4 is 153 Å². The monoisotopic (exact) mass is 1690 g/mol. The van der Waals surface area contributed by atoms with E-state index in [1.54, 1.807) is 7.05 Å². The number of thioether (sulfide) groups is 9. The van der Waals surface area contributed by atoms with Crippen LogP contribution in [0.1, 0.15) is 282 Å². The first kappa shape index (κ1) is 98.0. The fourth-order valence-corrected chi connectivity index (χ4v) is 24.5. The number of unbranched alkanes of at least 4 members (excludes halogenated alkanes) is 3. The number of carbonyl (C=O) groups excluding carboxylic acids is 9. The van der Waals surface area contributed by atoms with Crippen molar-refractivity contribution in [1.29, 1.82) is 0 Å². The van der Waals surface area contributed by atoms with E-state index in [2.05, 4.69) is 68.6 Å². The van der Waals surface area contributed by atoms with Gasteiger partial charge in [0.25, 0.3) is 47.2 Å². The Kier molecular flexibility index (Phi) is 47.6. The maximum absolute atomic E-state index is 13.5. The Labute approximate surface area is 698 Å². The molecule has 5 rings (SSSR count). The van der Waals surface area contributed by atoms with Crippen molar-refractivity contribution in [3.63, 3.8) is 0 Å². The van der Waals surface area contributed by atoms with Crippen molar-refractivity contribution in [2.75, 3.05) is 78.5 Å². The average Bonchev–Trinajstić information content (AvgIpc) is 0.868. The number of amides is 9. The van der Waals surface area contributed by atoms with Gasteiger partial charge in [-0.25, -0.2) is 0 Å². The Hall–Kier alpha value is -1.62. The molecule has 0 spiro atoms. The molecule has 0 aromatic rings. The first-order chi connectivity index (χ1) is 51.6. The first-order valence-electron chi connectivity index (χ1n) is 41.9. The van der Waals surface area contributed by atoms with Gasteiger partial charge in [-0.05, 0) is 300 Å². The summed E-state index contributed by atoms with van der Waals surface area (Å²) in [5.41, 5.74) is -0.720. The predicted octanol–water partition coefficient (Wildman–Crippen LogP) is 22.7. The van der Waals surface area contributed by atoms with E-state index in [9.17, 15) is 43.2 Å². The third-order valence-electron chi connectivity index (χ3n) is 22.4. The first-order valence-corrected chi connectivity index (χ1v) is 50.8. The van der Waals surface area contributed by atoms with Gasteiger partial charge >= 0.3 is 0 Å². The van der Waals surface area contributed by atoms with Crippen LogP contribution in [0.25, 0.3) is 0 Å². The van der Waals surface area contributed by atoms with Crippen LogP contribution in [0.2, 0.25) is 0 Å². The minimum Gasteiger partial charge on any atom is -0.350 e. The molecule has 5 fully saturated rings. The summed E-state index contributed by atoms with van der Waals surface area (Å²) in [5, 5.41) is 28.4. The van der Waals surface area contributed by atoms with Crippen molar-refractivity contribution in [2.24, 2.45) is 70.5 Å². The molecule has 0 aliphatic heterocycles. The molecule has 27 heteroatoms. The predicted molar refractivity (Wildman–Crippen MR) is 477 cm³/mol. The van der Waals surface area contributed by atoms with Gasteiger partial charge in [0.05, 0.1) is 0 Å². The van der Waals surface area contributed by atoms with Crippen LogP contribution >= 0.6 is 106 Å². The van der Waals surface area contributed by atoms with Crippen LogP contribution in [-0.2, 0) is 0 Å². The molecule has 628 valence electrons. The molecule has 0 radical (unpaired) electrons. The van der Waals surface area contributed by atoms with Crippen LogP contribution in [0.4, 0.5) is 43.2 Å². The van der Waals surface area contributed by atoms with Crippen LogP contribution in [0.15, 0.2) is 0 Å².